The molecule has 68 heavy (non-hydrogen) atoms. The van der Waals surface area contributed by atoms with E-state index in [2.05, 4.69) is 30.6 Å². The van der Waals surface area contributed by atoms with Gasteiger partial charge >= 0.3 is 0 Å². The van der Waals surface area contributed by atoms with Gasteiger partial charge in [-0.05, 0) is 70.2 Å². The van der Waals surface area contributed by atoms with Crippen molar-refractivity contribution in [3.8, 4) is 0 Å². The van der Waals surface area contributed by atoms with Gasteiger partial charge in [0.25, 0.3) is 0 Å². The predicted octanol–water partition coefficient (Wildman–Crippen LogP) is -6.00. The van der Waals surface area contributed by atoms with Crippen LogP contribution in [-0.2, 0) is 42.2 Å². The normalized spacial score (nSPS) is 11.1. The summed E-state index contributed by atoms with van der Waals surface area (Å²) in [5.41, 5.74) is 55.9. The van der Waals surface area contributed by atoms with Crippen LogP contribution in [0.25, 0.3) is 0 Å². The zero-order valence-corrected chi connectivity index (χ0v) is 39.7. The van der Waals surface area contributed by atoms with Gasteiger partial charge in [0, 0.05) is 77.7 Å². The van der Waals surface area contributed by atoms with Gasteiger partial charge in [-0.25, -0.2) is 0 Å². The molecule has 0 bridgehead atoms. The first-order valence-electron chi connectivity index (χ1n) is 22.8. The van der Waals surface area contributed by atoms with Crippen molar-refractivity contribution in [1.29, 1.82) is 0 Å². The van der Waals surface area contributed by atoms with Crippen LogP contribution in [0, 0.1) is 0 Å². The van der Waals surface area contributed by atoms with Crippen LogP contribution < -0.4 is 68.0 Å². The second-order valence-corrected chi connectivity index (χ2v) is 16.0. The van der Waals surface area contributed by atoms with Gasteiger partial charge in [0.2, 0.25) is 35.4 Å². The van der Waals surface area contributed by atoms with Gasteiger partial charge in [0.15, 0.2) is 23.8 Å². The molecular formula is C41H79N21O6. The van der Waals surface area contributed by atoms with Crippen molar-refractivity contribution in [2.45, 2.75) is 70.3 Å². The number of carbonyl (C=O) groups is 6. The molecule has 0 aliphatic rings. The summed E-state index contributed by atoms with van der Waals surface area (Å²) >= 11 is 0. The van der Waals surface area contributed by atoms with E-state index in [1.807, 2.05) is 29.9 Å². The van der Waals surface area contributed by atoms with Crippen molar-refractivity contribution in [3.05, 3.63) is 24.0 Å². The van der Waals surface area contributed by atoms with Crippen LogP contribution in [0.5, 0.6) is 0 Å². The van der Waals surface area contributed by atoms with Crippen molar-refractivity contribution in [3.63, 3.8) is 0 Å². The molecule has 1 atom stereocenters. The Morgan fingerprint density at radius 2 is 1.01 bits per heavy atom. The maximum atomic E-state index is 14.5. The third kappa shape index (κ3) is 27.5. The summed E-state index contributed by atoms with van der Waals surface area (Å²) in [5, 5.41) is 5.71. The molecule has 384 valence electrons. The molecule has 1 rings (SSSR count). The first-order valence-corrected chi connectivity index (χ1v) is 22.8. The van der Waals surface area contributed by atoms with E-state index >= 15 is 0 Å². The number of aryl methyl sites for hydroxylation is 1. The molecule has 0 spiro atoms. The maximum Gasteiger partial charge on any atom is 0.242 e. The second kappa shape index (κ2) is 34.4. The fourth-order valence-electron chi connectivity index (χ4n) is 6.63. The quantitative estimate of drug-likeness (QED) is 0.0168. The largest absolute Gasteiger partial charge is 0.370 e. The molecule has 0 saturated heterocycles. The van der Waals surface area contributed by atoms with E-state index in [1.54, 1.807) is 0 Å². The highest BCUT2D eigenvalue weighted by Crippen LogP contribution is 2.08. The molecule has 0 fully saturated rings. The van der Waals surface area contributed by atoms with Crippen molar-refractivity contribution < 1.29 is 28.8 Å². The molecule has 1 aromatic heterocycles. The van der Waals surface area contributed by atoms with Crippen LogP contribution in [0.2, 0.25) is 0 Å². The molecule has 1 heterocycles. The Morgan fingerprint density at radius 3 is 1.46 bits per heavy atom. The van der Waals surface area contributed by atoms with E-state index in [1.165, 1.54) is 19.6 Å². The first kappa shape index (κ1) is 59.1. The van der Waals surface area contributed by atoms with E-state index in [-0.39, 0.29) is 114 Å². The Bertz CT molecular complexity index is 1820. The lowest BCUT2D eigenvalue weighted by molar-refractivity contribution is -0.146. The summed E-state index contributed by atoms with van der Waals surface area (Å²) in [6, 6.07) is 2.61. The monoisotopic (exact) mass is 962 g/mol. The minimum absolute atomic E-state index is 0.0137. The summed E-state index contributed by atoms with van der Waals surface area (Å²) < 4.78 is 1.87. The number of aromatic nitrogens is 1. The third-order valence-electron chi connectivity index (χ3n) is 10.3. The Labute approximate surface area is 398 Å². The molecule has 0 radical (unpaired) electrons. The smallest absolute Gasteiger partial charge is 0.242 e. The number of nitrogens with one attached hydrogen (secondary N) is 2. The van der Waals surface area contributed by atoms with Crippen molar-refractivity contribution in [2.24, 2.45) is 84.4 Å². The van der Waals surface area contributed by atoms with E-state index in [0.29, 0.717) is 32.4 Å². The summed E-state index contributed by atoms with van der Waals surface area (Å²) in [6.45, 7) is 0.126. The number of carbonyl (C=O) groups excluding carboxylic acids is 6. The minimum Gasteiger partial charge on any atom is -0.370 e. The molecule has 27 heteroatoms. The van der Waals surface area contributed by atoms with Crippen LogP contribution in [0.4, 0.5) is 0 Å². The number of amides is 6. The fraction of sp³-hybridized carbons (Fsp3) is 0.659. The lowest BCUT2D eigenvalue weighted by atomic mass is 10.1. The molecule has 1 aromatic rings. The van der Waals surface area contributed by atoms with Crippen molar-refractivity contribution in [2.75, 3.05) is 98.2 Å². The molecule has 0 aliphatic carbocycles. The van der Waals surface area contributed by atoms with Crippen LogP contribution in [0.1, 0.15) is 63.5 Å². The highest BCUT2D eigenvalue weighted by molar-refractivity contribution is 5.92. The van der Waals surface area contributed by atoms with Gasteiger partial charge in [0.05, 0.1) is 32.7 Å². The number of guanidine groups is 4. The molecule has 0 aromatic carbocycles. The SMILES string of the molecule is Cn1cccc1CCN(CC(=O)N(CCCN=C(N)N)CC(=O)N[C@H](CCCN=C(N)N)C(N)=O)C(=O)CN(CCCN=C(N)N)C(=O)CN(CCCN=C(N)N)C(=O)CNCCCCCCN. The number of aliphatic imine (C=N–C) groups is 4. The van der Waals surface area contributed by atoms with Crippen molar-refractivity contribution >= 4 is 59.3 Å². The number of nitrogens with zero attached hydrogens (tertiary/aromatic N) is 9. The number of nitrogens with two attached hydrogens (primary N) is 10. The van der Waals surface area contributed by atoms with Gasteiger partial charge < -0.3 is 92.1 Å². The fourth-order valence-corrected chi connectivity index (χ4v) is 6.63. The summed E-state index contributed by atoms with van der Waals surface area (Å²) in [4.78, 5) is 103. The Morgan fingerprint density at radius 1 is 0.574 bits per heavy atom. The molecule has 0 unspecified atom stereocenters. The van der Waals surface area contributed by atoms with Gasteiger partial charge in [-0.2, -0.15) is 0 Å². The van der Waals surface area contributed by atoms with E-state index in [0.717, 1.165) is 31.4 Å². The van der Waals surface area contributed by atoms with Gasteiger partial charge in [-0.15, -0.1) is 0 Å². The highest BCUT2D eigenvalue weighted by atomic mass is 16.2. The molecular weight excluding hydrogens is 883 g/mol. The lowest BCUT2D eigenvalue weighted by Crippen LogP contribution is -2.52. The van der Waals surface area contributed by atoms with Crippen LogP contribution >= 0.6 is 0 Å². The van der Waals surface area contributed by atoms with Gasteiger partial charge in [-0.1, -0.05) is 12.8 Å². The number of unbranched alkanes of at least 4 members (excludes halogenated alkanes) is 3. The van der Waals surface area contributed by atoms with E-state index in [4.69, 9.17) is 57.3 Å². The zero-order valence-electron chi connectivity index (χ0n) is 39.7. The maximum absolute atomic E-state index is 14.5. The number of hydrogen-bond donors (Lipinski definition) is 12. The Hall–Kier alpha value is -6.90. The number of rotatable bonds is 37. The predicted molar refractivity (Wildman–Crippen MR) is 263 cm³/mol. The summed E-state index contributed by atoms with van der Waals surface area (Å²) in [7, 11) is 1.84. The topological polar surface area (TPSA) is 454 Å². The van der Waals surface area contributed by atoms with Crippen LogP contribution in [-0.4, -0.2) is 188 Å². The average Bonchev–Trinajstić information content (AvgIpc) is 3.69. The lowest BCUT2D eigenvalue weighted by Gasteiger charge is -2.31. The molecule has 6 amide bonds. The number of primary amides is 1. The molecule has 22 N–H and O–H groups in total. The number of hydrogen-bond acceptors (Lipinski definition) is 12. The molecule has 0 saturated carbocycles. The Kier molecular flexibility index (Phi) is 29.9. The highest BCUT2D eigenvalue weighted by Gasteiger charge is 2.28. The summed E-state index contributed by atoms with van der Waals surface area (Å²) in [6.07, 6.45) is 7.11. The van der Waals surface area contributed by atoms with E-state index in [9.17, 15) is 28.8 Å². The molecule has 27 nitrogen and oxygen atoms in total. The second-order valence-electron chi connectivity index (χ2n) is 16.0. The minimum atomic E-state index is -1.09. The van der Waals surface area contributed by atoms with Gasteiger partial charge in [-0.3, -0.25) is 48.7 Å². The Balaban J connectivity index is 3.48. The molecule has 0 aliphatic heterocycles. The first-order chi connectivity index (χ1) is 32.3. The van der Waals surface area contributed by atoms with Crippen molar-refractivity contribution in [1.82, 2.24) is 34.8 Å². The average molecular weight is 962 g/mol. The third-order valence-corrected chi connectivity index (χ3v) is 10.3. The van der Waals surface area contributed by atoms with Crippen LogP contribution in [0.15, 0.2) is 38.3 Å². The standard InChI is InChI=1S/C41H79N21O6/c1-58-20-7-11-30(58)13-24-62(29-34(65)59(21-8-17-54-39(46)47)26-32(63)57-31(37(43)68)12-6-16-53-38(44)45)36(67)28-61(23-10-19-56-41(50)51)35(66)27-60(22-9-18-55-40(48)49)33(64)25-52-15-5-3-2-4-14-42/h7,11,20,31,52H,2-6,8-10,12-19,21-29,42H2,1H3,(H2,43,68)(H,57,63)(H4,44,45,53)(H4,46,47,54)(H4,48,49,55)(H4,50,51,56)/t31-/m1/s1. The van der Waals surface area contributed by atoms with Gasteiger partial charge in [0.1, 0.15) is 6.04 Å². The zero-order chi connectivity index (χ0) is 50.9. The van der Waals surface area contributed by atoms with Crippen LogP contribution in [0.3, 0.4) is 0 Å². The summed E-state index contributed by atoms with van der Waals surface area (Å²) in [5.74, 6) is -4.17. The van der Waals surface area contributed by atoms with E-state index < -0.39 is 55.2 Å².